The van der Waals surface area contributed by atoms with Gasteiger partial charge in [-0.05, 0) is 30.9 Å². The molecule has 1 saturated heterocycles. The predicted molar refractivity (Wildman–Crippen MR) is 118 cm³/mol. The van der Waals surface area contributed by atoms with Gasteiger partial charge in [-0.1, -0.05) is 60.2 Å². The lowest BCUT2D eigenvalue weighted by Crippen LogP contribution is -2.32. The number of hydrogen-bond acceptors (Lipinski definition) is 5. The summed E-state index contributed by atoms with van der Waals surface area (Å²) in [6, 6.07) is 18.9. The summed E-state index contributed by atoms with van der Waals surface area (Å²) in [5.74, 6) is 0.309. The number of ether oxygens (including phenoxy) is 1. The van der Waals surface area contributed by atoms with Crippen LogP contribution in [0.25, 0.3) is 0 Å². The zero-order valence-corrected chi connectivity index (χ0v) is 17.9. The summed E-state index contributed by atoms with van der Waals surface area (Å²) in [7, 11) is 0. The first kappa shape index (κ1) is 21.3. The van der Waals surface area contributed by atoms with Gasteiger partial charge < -0.3 is 14.5 Å². The van der Waals surface area contributed by atoms with Crippen molar-refractivity contribution in [1.82, 2.24) is 15.2 Å². The first-order valence-electron chi connectivity index (χ1n) is 10.8. The molecule has 1 aliphatic rings. The Kier molecular flexibility index (Phi) is 7.12. The fourth-order valence-corrected chi connectivity index (χ4v) is 3.74. The summed E-state index contributed by atoms with van der Waals surface area (Å²) in [6.07, 6.45) is 3.57. The van der Waals surface area contributed by atoms with Crippen molar-refractivity contribution in [2.75, 3.05) is 13.2 Å². The summed E-state index contributed by atoms with van der Waals surface area (Å²) in [6.45, 7) is 5.41. The molecule has 1 aromatic heterocycles. The smallest absolute Gasteiger partial charge is 0.273 e. The molecule has 1 amide bonds. The highest BCUT2D eigenvalue weighted by Crippen LogP contribution is 2.15. The minimum atomic E-state index is -0.223. The largest absolute Gasteiger partial charge is 0.447 e. The van der Waals surface area contributed by atoms with Gasteiger partial charge in [0.15, 0.2) is 5.69 Å². The number of carbonyl (C=O) groups is 1. The second-order valence-electron chi connectivity index (χ2n) is 8.09. The number of nitrogens with one attached hydrogen (secondary N) is 1. The molecule has 2 heterocycles. The minimum Gasteiger partial charge on any atom is -0.447 e. The Morgan fingerprint density at radius 2 is 1.81 bits per heavy atom. The van der Waals surface area contributed by atoms with E-state index in [9.17, 15) is 4.79 Å². The third-order valence-corrected chi connectivity index (χ3v) is 5.43. The quantitative estimate of drug-likeness (QED) is 0.566. The second-order valence-corrected chi connectivity index (χ2v) is 8.09. The van der Waals surface area contributed by atoms with Crippen LogP contribution in [0.15, 0.2) is 65.3 Å². The number of rotatable bonds is 9. The van der Waals surface area contributed by atoms with Crippen LogP contribution in [0.4, 0.5) is 0 Å². The Labute approximate surface area is 183 Å². The number of hydrogen-bond donors (Lipinski definition) is 1. The van der Waals surface area contributed by atoms with Crippen molar-refractivity contribution < 1.29 is 13.9 Å². The van der Waals surface area contributed by atoms with E-state index in [0.717, 1.165) is 32.5 Å². The van der Waals surface area contributed by atoms with Gasteiger partial charge in [-0.25, -0.2) is 4.98 Å². The lowest BCUT2D eigenvalue weighted by atomic mass is 10.1. The van der Waals surface area contributed by atoms with Gasteiger partial charge in [-0.2, -0.15) is 0 Å². The van der Waals surface area contributed by atoms with E-state index in [1.165, 1.54) is 23.0 Å². The molecule has 0 unspecified atom stereocenters. The molecule has 1 aliphatic heterocycles. The SMILES string of the molecule is Cc1ccc(CN(Cc2ccccc2)Cc2nc(C(=O)NC[C@H]3CCCO3)co2)cc1. The van der Waals surface area contributed by atoms with Gasteiger partial charge >= 0.3 is 0 Å². The molecular weight excluding hydrogens is 390 g/mol. The summed E-state index contributed by atoms with van der Waals surface area (Å²) < 4.78 is 11.2. The highest BCUT2D eigenvalue weighted by Gasteiger charge is 2.19. The highest BCUT2D eigenvalue weighted by molar-refractivity contribution is 5.91. The molecule has 2 aromatic carbocycles. The van der Waals surface area contributed by atoms with E-state index in [1.54, 1.807) is 0 Å². The fourth-order valence-electron chi connectivity index (χ4n) is 3.74. The van der Waals surface area contributed by atoms with Gasteiger partial charge in [-0.15, -0.1) is 0 Å². The first-order valence-corrected chi connectivity index (χ1v) is 10.8. The van der Waals surface area contributed by atoms with Crippen molar-refractivity contribution in [3.05, 3.63) is 89.1 Å². The molecule has 4 rings (SSSR count). The van der Waals surface area contributed by atoms with Gasteiger partial charge in [0, 0.05) is 26.2 Å². The van der Waals surface area contributed by atoms with Crippen LogP contribution in [0, 0.1) is 6.92 Å². The van der Waals surface area contributed by atoms with Crippen molar-refractivity contribution in [1.29, 1.82) is 0 Å². The molecule has 0 saturated carbocycles. The number of benzene rings is 2. The highest BCUT2D eigenvalue weighted by atomic mass is 16.5. The number of carbonyl (C=O) groups excluding carboxylic acids is 1. The Morgan fingerprint density at radius 3 is 2.52 bits per heavy atom. The standard InChI is InChI=1S/C25H29N3O3/c1-19-9-11-21(12-10-19)16-28(15-20-6-3-2-4-7-20)17-24-27-23(18-31-24)25(29)26-14-22-8-5-13-30-22/h2-4,6-7,9-12,18,22H,5,8,13-17H2,1H3,(H,26,29)/t22-/m1/s1. The van der Waals surface area contributed by atoms with Crippen molar-refractivity contribution in [3.8, 4) is 0 Å². The molecule has 31 heavy (non-hydrogen) atoms. The summed E-state index contributed by atoms with van der Waals surface area (Å²) in [5, 5.41) is 2.89. The molecule has 6 nitrogen and oxygen atoms in total. The zero-order chi connectivity index (χ0) is 21.5. The normalized spacial score (nSPS) is 16.0. The average molecular weight is 420 g/mol. The van der Waals surface area contributed by atoms with Crippen LogP contribution in [0.3, 0.4) is 0 Å². The maximum atomic E-state index is 12.4. The fraction of sp³-hybridized carbons (Fsp3) is 0.360. The minimum absolute atomic E-state index is 0.103. The average Bonchev–Trinajstić information content (AvgIpc) is 3.47. The topological polar surface area (TPSA) is 67.6 Å². The predicted octanol–water partition coefficient (Wildman–Crippen LogP) is 4.09. The molecule has 1 atom stereocenters. The summed E-state index contributed by atoms with van der Waals surface area (Å²) >= 11 is 0. The van der Waals surface area contributed by atoms with E-state index in [0.29, 0.717) is 24.7 Å². The van der Waals surface area contributed by atoms with Crippen molar-refractivity contribution >= 4 is 5.91 Å². The summed E-state index contributed by atoms with van der Waals surface area (Å²) in [5.41, 5.74) is 3.99. The molecule has 1 fully saturated rings. The van der Waals surface area contributed by atoms with Crippen LogP contribution in [-0.4, -0.2) is 35.0 Å². The summed E-state index contributed by atoms with van der Waals surface area (Å²) in [4.78, 5) is 19.1. The van der Waals surface area contributed by atoms with Gasteiger partial charge in [0.1, 0.15) is 6.26 Å². The molecule has 0 radical (unpaired) electrons. The van der Waals surface area contributed by atoms with E-state index in [2.05, 4.69) is 58.5 Å². The van der Waals surface area contributed by atoms with E-state index >= 15 is 0 Å². The number of amides is 1. The number of aromatic nitrogens is 1. The second kappa shape index (κ2) is 10.4. The molecule has 1 N–H and O–H groups in total. The molecule has 0 aliphatic carbocycles. The van der Waals surface area contributed by atoms with Gasteiger partial charge in [0.2, 0.25) is 5.89 Å². The molecule has 3 aromatic rings. The number of aryl methyl sites for hydroxylation is 1. The number of oxazole rings is 1. The third kappa shape index (κ3) is 6.26. The van der Waals surface area contributed by atoms with Crippen molar-refractivity contribution in [2.45, 2.75) is 45.5 Å². The first-order chi connectivity index (χ1) is 15.2. The van der Waals surface area contributed by atoms with Gasteiger partial charge in [0.05, 0.1) is 12.6 Å². The molecule has 0 bridgehead atoms. The Bertz CT molecular complexity index is 963. The lowest BCUT2D eigenvalue weighted by Gasteiger charge is -2.21. The zero-order valence-electron chi connectivity index (χ0n) is 17.9. The van der Waals surface area contributed by atoms with Crippen molar-refractivity contribution in [2.24, 2.45) is 0 Å². The van der Waals surface area contributed by atoms with Crippen LogP contribution in [-0.2, 0) is 24.4 Å². The van der Waals surface area contributed by atoms with Crippen LogP contribution in [0.2, 0.25) is 0 Å². The third-order valence-electron chi connectivity index (χ3n) is 5.43. The van der Waals surface area contributed by atoms with E-state index in [1.807, 2.05) is 18.2 Å². The maximum Gasteiger partial charge on any atom is 0.273 e. The maximum absolute atomic E-state index is 12.4. The van der Waals surface area contributed by atoms with Gasteiger partial charge in [0.25, 0.3) is 5.91 Å². The Morgan fingerprint density at radius 1 is 1.06 bits per heavy atom. The monoisotopic (exact) mass is 419 g/mol. The van der Waals surface area contributed by atoms with Crippen LogP contribution in [0.5, 0.6) is 0 Å². The van der Waals surface area contributed by atoms with E-state index in [4.69, 9.17) is 9.15 Å². The van der Waals surface area contributed by atoms with Crippen molar-refractivity contribution in [3.63, 3.8) is 0 Å². The van der Waals surface area contributed by atoms with Crippen LogP contribution >= 0.6 is 0 Å². The van der Waals surface area contributed by atoms with E-state index in [-0.39, 0.29) is 12.0 Å². The molecule has 162 valence electrons. The molecule has 0 spiro atoms. The lowest BCUT2D eigenvalue weighted by molar-refractivity contribution is 0.0853. The van der Waals surface area contributed by atoms with E-state index < -0.39 is 0 Å². The Hall–Kier alpha value is -2.96. The van der Waals surface area contributed by atoms with Crippen LogP contribution < -0.4 is 5.32 Å². The number of nitrogens with zero attached hydrogens (tertiary/aromatic N) is 2. The molecule has 6 heteroatoms. The van der Waals surface area contributed by atoms with Gasteiger partial charge in [-0.3, -0.25) is 9.69 Å². The Balaban J connectivity index is 1.40. The molecular formula is C25H29N3O3. The van der Waals surface area contributed by atoms with Crippen LogP contribution in [0.1, 0.15) is 45.9 Å².